The van der Waals surface area contributed by atoms with Crippen LogP contribution >= 0.6 is 0 Å². The summed E-state index contributed by atoms with van der Waals surface area (Å²) in [6.45, 7) is 0. The Morgan fingerprint density at radius 2 is 1.56 bits per heavy atom. The van der Waals surface area contributed by atoms with Gasteiger partial charge in [-0.05, 0) is 17.7 Å². The molecule has 0 amide bonds. The Kier molecular flexibility index (Phi) is 2.60. The van der Waals surface area contributed by atoms with Crippen molar-refractivity contribution in [3.05, 3.63) is 48.0 Å². The average molecular weight is 214 g/mol. The van der Waals surface area contributed by atoms with E-state index in [0.717, 1.165) is 5.56 Å². The summed E-state index contributed by atoms with van der Waals surface area (Å²) in [6.07, 6.45) is 0.504. The van der Waals surface area contributed by atoms with Crippen molar-refractivity contribution < 1.29 is 15.0 Å². The average Bonchev–Trinajstić information content (AvgIpc) is 2.34. The molecule has 0 saturated heterocycles. The Morgan fingerprint density at radius 1 is 0.875 bits per heavy atom. The second-order valence-corrected chi connectivity index (χ2v) is 3.38. The first kappa shape index (κ1) is 10.2. The summed E-state index contributed by atoms with van der Waals surface area (Å²) in [5, 5.41) is 19.3. The van der Waals surface area contributed by atoms with Crippen LogP contribution in [0.25, 0.3) is 11.1 Å². The normalized spacial score (nSPS) is 10.0. The van der Waals surface area contributed by atoms with E-state index in [1.54, 1.807) is 6.07 Å². The predicted octanol–water partition coefficient (Wildman–Crippen LogP) is 2.58. The molecule has 0 fully saturated rings. The summed E-state index contributed by atoms with van der Waals surface area (Å²) in [7, 11) is 0. The van der Waals surface area contributed by atoms with Crippen LogP contribution in [0.15, 0.2) is 42.5 Å². The predicted molar refractivity (Wildman–Crippen MR) is 60.6 cm³/mol. The highest BCUT2D eigenvalue weighted by Gasteiger charge is 2.11. The maximum absolute atomic E-state index is 10.6. The zero-order valence-corrected chi connectivity index (χ0v) is 8.42. The molecule has 0 unspecified atom stereocenters. The van der Waals surface area contributed by atoms with Gasteiger partial charge in [0.25, 0.3) is 0 Å². The Bertz CT molecular complexity index is 518. The molecule has 0 aliphatic carbocycles. The highest BCUT2D eigenvalue weighted by molar-refractivity contribution is 5.85. The van der Waals surface area contributed by atoms with E-state index in [9.17, 15) is 15.0 Å². The minimum atomic E-state index is -0.378. The van der Waals surface area contributed by atoms with Gasteiger partial charge in [0, 0.05) is 5.56 Å². The van der Waals surface area contributed by atoms with Crippen molar-refractivity contribution in [1.82, 2.24) is 0 Å². The van der Waals surface area contributed by atoms with Gasteiger partial charge in [-0.1, -0.05) is 30.3 Å². The van der Waals surface area contributed by atoms with Gasteiger partial charge in [0.2, 0.25) is 0 Å². The van der Waals surface area contributed by atoms with Gasteiger partial charge in [-0.25, -0.2) is 0 Å². The van der Waals surface area contributed by atoms with Crippen LogP contribution in [0.4, 0.5) is 0 Å². The number of carbonyl (C=O) groups is 1. The third-order valence-electron chi connectivity index (χ3n) is 2.39. The van der Waals surface area contributed by atoms with Gasteiger partial charge in [0.1, 0.15) is 0 Å². The molecule has 0 aliphatic rings. The molecule has 0 aromatic heterocycles. The minimum absolute atomic E-state index is 0.0807. The quantitative estimate of drug-likeness (QED) is 0.596. The third kappa shape index (κ3) is 1.63. The van der Waals surface area contributed by atoms with Crippen molar-refractivity contribution in [3.63, 3.8) is 0 Å². The number of hydrogen-bond donors (Lipinski definition) is 2. The van der Waals surface area contributed by atoms with Crippen molar-refractivity contribution in [2.24, 2.45) is 0 Å². The first-order chi connectivity index (χ1) is 7.74. The number of hydrogen-bond acceptors (Lipinski definition) is 3. The van der Waals surface area contributed by atoms with Crippen LogP contribution in [0.2, 0.25) is 0 Å². The molecule has 2 rings (SSSR count). The summed E-state index contributed by atoms with van der Waals surface area (Å²) < 4.78 is 0. The molecular weight excluding hydrogens is 204 g/mol. The third-order valence-corrected chi connectivity index (χ3v) is 2.39. The SMILES string of the molecule is O=Cc1ccc(-c2ccccc2)c(O)c1O. The fourth-order valence-electron chi connectivity index (χ4n) is 1.54. The summed E-state index contributed by atoms with van der Waals surface area (Å²) in [5.41, 5.74) is 1.37. The van der Waals surface area contributed by atoms with Crippen molar-refractivity contribution >= 4 is 6.29 Å². The van der Waals surface area contributed by atoms with E-state index in [0.29, 0.717) is 11.8 Å². The molecule has 16 heavy (non-hydrogen) atoms. The van der Waals surface area contributed by atoms with Crippen molar-refractivity contribution in [2.45, 2.75) is 0 Å². The van der Waals surface area contributed by atoms with Gasteiger partial charge in [-0.3, -0.25) is 4.79 Å². The van der Waals surface area contributed by atoms with Crippen molar-refractivity contribution in [1.29, 1.82) is 0 Å². The molecule has 0 heterocycles. The number of aromatic hydroxyl groups is 2. The van der Waals surface area contributed by atoms with Gasteiger partial charge in [0.15, 0.2) is 17.8 Å². The lowest BCUT2D eigenvalue weighted by Gasteiger charge is -2.07. The zero-order valence-electron chi connectivity index (χ0n) is 8.42. The zero-order chi connectivity index (χ0) is 11.5. The molecular formula is C13H10O3. The summed E-state index contributed by atoms with van der Waals surface area (Å²) >= 11 is 0. The smallest absolute Gasteiger partial charge is 0.168 e. The lowest BCUT2D eigenvalue weighted by atomic mass is 10.0. The Balaban J connectivity index is 2.60. The van der Waals surface area contributed by atoms with Crippen LogP contribution in [0.5, 0.6) is 11.5 Å². The van der Waals surface area contributed by atoms with E-state index in [4.69, 9.17) is 0 Å². The number of aldehydes is 1. The fourth-order valence-corrected chi connectivity index (χ4v) is 1.54. The second-order valence-electron chi connectivity index (χ2n) is 3.38. The number of benzene rings is 2. The van der Waals surface area contributed by atoms with E-state index >= 15 is 0 Å². The van der Waals surface area contributed by atoms with Crippen molar-refractivity contribution in [3.8, 4) is 22.6 Å². The largest absolute Gasteiger partial charge is 0.504 e. The van der Waals surface area contributed by atoms with E-state index in [1.807, 2.05) is 30.3 Å². The van der Waals surface area contributed by atoms with Gasteiger partial charge in [-0.2, -0.15) is 0 Å². The van der Waals surface area contributed by atoms with Crippen LogP contribution in [-0.2, 0) is 0 Å². The molecule has 0 bridgehead atoms. The van der Waals surface area contributed by atoms with Gasteiger partial charge < -0.3 is 10.2 Å². The first-order valence-electron chi connectivity index (χ1n) is 4.79. The Morgan fingerprint density at radius 3 is 2.19 bits per heavy atom. The van der Waals surface area contributed by atoms with Gasteiger partial charge in [-0.15, -0.1) is 0 Å². The Labute approximate surface area is 92.6 Å². The van der Waals surface area contributed by atoms with E-state index < -0.39 is 0 Å². The van der Waals surface area contributed by atoms with Crippen LogP contribution in [0.1, 0.15) is 10.4 Å². The molecule has 3 heteroatoms. The minimum Gasteiger partial charge on any atom is -0.504 e. The summed E-state index contributed by atoms with van der Waals surface area (Å²) in [5.74, 6) is -0.646. The summed E-state index contributed by atoms with van der Waals surface area (Å²) in [4.78, 5) is 10.6. The van der Waals surface area contributed by atoms with Crippen LogP contribution in [-0.4, -0.2) is 16.5 Å². The second kappa shape index (κ2) is 4.06. The van der Waals surface area contributed by atoms with E-state index in [-0.39, 0.29) is 17.1 Å². The van der Waals surface area contributed by atoms with Crippen LogP contribution < -0.4 is 0 Å². The van der Waals surface area contributed by atoms with E-state index in [2.05, 4.69) is 0 Å². The molecule has 2 N–H and O–H groups in total. The molecule has 0 atom stereocenters. The molecule has 3 nitrogen and oxygen atoms in total. The van der Waals surface area contributed by atoms with Gasteiger partial charge in [0.05, 0.1) is 5.56 Å². The van der Waals surface area contributed by atoms with Crippen LogP contribution in [0, 0.1) is 0 Å². The van der Waals surface area contributed by atoms with Crippen LogP contribution in [0.3, 0.4) is 0 Å². The molecule has 80 valence electrons. The van der Waals surface area contributed by atoms with E-state index in [1.165, 1.54) is 6.07 Å². The number of rotatable bonds is 2. The molecule has 0 radical (unpaired) electrons. The molecule has 0 aliphatic heterocycles. The first-order valence-corrected chi connectivity index (χ1v) is 4.79. The number of phenolic OH excluding ortho intramolecular Hbond substituents is 2. The standard InChI is InChI=1S/C13H10O3/c14-8-10-6-7-11(13(16)12(10)15)9-4-2-1-3-5-9/h1-8,15-16H. The monoisotopic (exact) mass is 214 g/mol. The maximum Gasteiger partial charge on any atom is 0.168 e. The Hall–Kier alpha value is -2.29. The van der Waals surface area contributed by atoms with Crippen molar-refractivity contribution in [2.75, 3.05) is 0 Å². The highest BCUT2D eigenvalue weighted by atomic mass is 16.3. The number of phenols is 2. The number of carbonyl (C=O) groups excluding carboxylic acids is 1. The lowest BCUT2D eigenvalue weighted by molar-refractivity contribution is 0.112. The highest BCUT2D eigenvalue weighted by Crippen LogP contribution is 2.37. The molecule has 0 saturated carbocycles. The molecule has 2 aromatic rings. The molecule has 2 aromatic carbocycles. The maximum atomic E-state index is 10.6. The lowest BCUT2D eigenvalue weighted by Crippen LogP contribution is -1.85. The topological polar surface area (TPSA) is 57.5 Å². The molecule has 0 spiro atoms. The fraction of sp³-hybridized carbons (Fsp3) is 0. The summed E-state index contributed by atoms with van der Waals surface area (Å²) in [6, 6.07) is 12.2. The van der Waals surface area contributed by atoms with Gasteiger partial charge >= 0.3 is 0 Å².